The fraction of sp³-hybridized carbons (Fsp3) is 0.263. The minimum atomic E-state index is -5.10. The van der Waals surface area contributed by atoms with Crippen molar-refractivity contribution in [3.8, 4) is 0 Å². The minimum absolute atomic E-state index is 0.0261. The normalized spacial score (nSPS) is 16.0. The van der Waals surface area contributed by atoms with Crippen LogP contribution in [0.5, 0.6) is 0 Å². The van der Waals surface area contributed by atoms with Crippen LogP contribution in [0.3, 0.4) is 0 Å². The highest BCUT2D eigenvalue weighted by molar-refractivity contribution is 7.91. The second-order valence-electron chi connectivity index (χ2n) is 21.6. The number of hydrogen-bond donors (Lipinski definition) is 6. The van der Waals surface area contributed by atoms with E-state index in [-0.39, 0.29) is 58.0 Å². The summed E-state index contributed by atoms with van der Waals surface area (Å²) in [6, 6.07) is 22.4. The maximum atomic E-state index is 13.7. The number of benzene rings is 5. The number of carbonyl (C=O) groups excluding carboxylic acids is 2. The molecule has 0 aliphatic carbocycles. The molecule has 1 amide bonds. The molecule has 7 aromatic rings. The van der Waals surface area contributed by atoms with Gasteiger partial charge in [0.1, 0.15) is 16.4 Å². The molecule has 5 aromatic carbocycles. The van der Waals surface area contributed by atoms with Crippen molar-refractivity contribution in [1.29, 1.82) is 0 Å². The predicted molar refractivity (Wildman–Crippen MR) is 323 cm³/mol. The molecular weight excluding hydrogens is 1230 g/mol. The van der Waals surface area contributed by atoms with Crippen LogP contribution in [0.1, 0.15) is 102 Å². The van der Waals surface area contributed by atoms with E-state index in [2.05, 4.69) is 20.1 Å². The number of Topliss-reactive ketones (excluding diaryl/α,β-unsaturated/α-hetero) is 1. The van der Waals surface area contributed by atoms with Crippen LogP contribution in [-0.4, -0.2) is 116 Å². The first-order valence-electron chi connectivity index (χ1n) is 26.4. The third-order valence-corrected chi connectivity index (χ3v) is 20.6. The molecule has 2 aliphatic rings. The molecular formula is C57H58N7O16S6+. The summed E-state index contributed by atoms with van der Waals surface area (Å²) in [5.74, 6) is -1.51. The zero-order chi connectivity index (χ0) is 62.7. The molecule has 23 nitrogen and oxygen atoms in total. The Labute approximate surface area is 500 Å². The van der Waals surface area contributed by atoms with Crippen molar-refractivity contribution in [3.05, 3.63) is 166 Å². The van der Waals surface area contributed by atoms with E-state index < -0.39 is 87.1 Å². The summed E-state index contributed by atoms with van der Waals surface area (Å²) in [7, 11) is -23.3. The number of nitrogens with one attached hydrogen (secondary N) is 1. The van der Waals surface area contributed by atoms with Crippen LogP contribution in [-0.2, 0) is 74.3 Å². The van der Waals surface area contributed by atoms with Crippen molar-refractivity contribution >= 4 is 118 Å². The number of allylic oxidation sites excluding steroid dienone is 6. The number of amides is 1. The maximum Gasteiger partial charge on any atom is 0.295 e. The Morgan fingerprint density at radius 1 is 0.733 bits per heavy atom. The maximum absolute atomic E-state index is 13.7. The number of carbonyl (C=O) groups is 2. The predicted octanol–water partition coefficient (Wildman–Crippen LogP) is 7.76. The number of ketones is 1. The van der Waals surface area contributed by atoms with Crippen LogP contribution in [0.25, 0.3) is 27.1 Å². The molecule has 0 fully saturated rings. The number of hydrogen-bond acceptors (Lipinski definition) is 17. The molecule has 0 saturated carbocycles. The smallest absolute Gasteiger partial charge is 0.295 e. The monoisotopic (exact) mass is 1290 g/mol. The fourth-order valence-corrected chi connectivity index (χ4v) is 14.8. The number of pyridine rings is 1. The van der Waals surface area contributed by atoms with Gasteiger partial charge < -0.3 is 10.2 Å². The quantitative estimate of drug-likeness (QED) is 0.0173. The third kappa shape index (κ3) is 13.2. The number of unbranched alkanes of at least 4 members (excludes halogenated alkanes) is 1. The van der Waals surface area contributed by atoms with Crippen LogP contribution in [0, 0.1) is 0 Å². The molecule has 452 valence electrons. The van der Waals surface area contributed by atoms with E-state index in [0.29, 0.717) is 68.7 Å². The lowest BCUT2D eigenvalue weighted by Gasteiger charge is -2.27. The van der Waals surface area contributed by atoms with E-state index in [4.69, 9.17) is 10.1 Å². The van der Waals surface area contributed by atoms with Gasteiger partial charge in [0, 0.05) is 76.7 Å². The van der Waals surface area contributed by atoms with Gasteiger partial charge >= 0.3 is 0 Å². The van der Waals surface area contributed by atoms with E-state index in [1.807, 2.05) is 39.0 Å². The number of nitrogens with zero attached hydrogens (tertiary/aromatic N) is 5. The van der Waals surface area contributed by atoms with Crippen molar-refractivity contribution in [2.75, 3.05) is 23.7 Å². The topological polar surface area (TPSA) is 369 Å². The van der Waals surface area contributed by atoms with Crippen LogP contribution < -0.4 is 15.4 Å². The number of aromatic nitrogens is 3. The van der Waals surface area contributed by atoms with Crippen molar-refractivity contribution < 1.29 is 74.5 Å². The van der Waals surface area contributed by atoms with Gasteiger partial charge in [-0.1, -0.05) is 81.0 Å². The zero-order valence-electron chi connectivity index (χ0n) is 46.7. The van der Waals surface area contributed by atoms with Crippen LogP contribution >= 0.6 is 11.3 Å². The summed E-state index contributed by atoms with van der Waals surface area (Å²) >= 11 is 0.691. The summed E-state index contributed by atoms with van der Waals surface area (Å²) < 4.78 is 165. The summed E-state index contributed by atoms with van der Waals surface area (Å²) in [5, 5.41) is 16.7. The second kappa shape index (κ2) is 23.4. The number of nitrogens with two attached hydrogens (primary N) is 1. The molecule has 4 heterocycles. The van der Waals surface area contributed by atoms with Gasteiger partial charge in [-0.15, -0.1) is 10.2 Å². The Kier molecular flexibility index (Phi) is 17.2. The average Bonchev–Trinajstić information content (AvgIpc) is 1.53. The van der Waals surface area contributed by atoms with Gasteiger partial charge in [-0.05, 0) is 108 Å². The molecule has 0 atom stereocenters. The number of anilines is 1. The molecule has 0 spiro atoms. The Hall–Kier alpha value is -7.29. The zero-order valence-corrected chi connectivity index (χ0v) is 51.6. The second-order valence-corrected chi connectivity index (χ2v) is 30.2. The largest absolute Gasteiger partial charge is 0.348 e. The third-order valence-electron chi connectivity index (χ3n) is 15.0. The van der Waals surface area contributed by atoms with Crippen LogP contribution in [0.15, 0.2) is 146 Å². The van der Waals surface area contributed by atoms with Gasteiger partial charge in [-0.2, -0.15) is 38.2 Å². The Morgan fingerprint density at radius 2 is 1.41 bits per heavy atom. The van der Waals surface area contributed by atoms with Crippen LogP contribution in [0.4, 0.5) is 11.4 Å². The average molecular weight is 1290 g/mol. The lowest BCUT2D eigenvalue weighted by Crippen LogP contribution is -2.28. The van der Waals surface area contributed by atoms with Gasteiger partial charge in [0.2, 0.25) is 10.0 Å². The summed E-state index contributed by atoms with van der Waals surface area (Å²) in [6.45, 7) is 10.1. The van der Waals surface area contributed by atoms with Crippen molar-refractivity contribution in [2.24, 2.45) is 5.14 Å². The molecule has 7 N–H and O–H groups in total. The Balaban J connectivity index is 1.12. The fourth-order valence-electron chi connectivity index (χ4n) is 10.9. The first-order valence-corrected chi connectivity index (χ1v) is 34.7. The molecule has 9 rings (SSSR count). The summed E-state index contributed by atoms with van der Waals surface area (Å²) in [6.07, 6.45) is 9.76. The van der Waals surface area contributed by atoms with Gasteiger partial charge in [-0.3, -0.25) is 32.8 Å². The van der Waals surface area contributed by atoms with Gasteiger partial charge in [-0.25, -0.2) is 13.6 Å². The molecule has 0 unspecified atom stereocenters. The number of rotatable bonds is 21. The van der Waals surface area contributed by atoms with Gasteiger partial charge in [0.25, 0.3) is 56.4 Å². The van der Waals surface area contributed by atoms with Crippen molar-refractivity contribution in [3.63, 3.8) is 0 Å². The Bertz CT molecular complexity index is 4690. The molecule has 0 radical (unpaired) electrons. The van der Waals surface area contributed by atoms with Gasteiger partial charge in [0.15, 0.2) is 11.5 Å². The van der Waals surface area contributed by atoms with E-state index >= 15 is 0 Å². The first-order chi connectivity index (χ1) is 40.1. The standard InChI is InChI=1S/C57H57N7O16S6/c1-6-7-25-63-45-21-15-35-13-18-39(84(72,73)74)28-42(35)52(45)56(2,3)49(63)23-16-36(44-20-14-38(33-59-44)54(66)60-32-34-9-11-37(12-10-34)47(65)31-51-61-62-55(81-51)83(58,70)71)17-24-50-57(4,5)53-43-29-40(85(75,76)77)30-48(86(78,79)80)41(43)19-22-46(53)64(50)26-8-27-82(67,68)69/h9-24,28-30,33H,6-8,25-27,31-32H2,1-5H3,(H6-,58,60,66,67,68,69,70,71,72,73,74,75,76,77,78,79,80)/p+1. The SMILES string of the molecule is CCCC[N+]1=C(/C=C/C(=C/C=C2/N(CCCS(=O)(=O)O)c3ccc4c(S(=O)(=O)O)cc(S(=O)(=O)O)cc4c3C2(C)C)c2ccc(C(=O)NCc3ccc(C(=O)Cc4nnc(S(N)(=O)=O)s4)cc3)cn2)C(C)(C)c2c1ccc1ccc(S(=O)(=O)O)cc21. The lowest BCUT2D eigenvalue weighted by atomic mass is 9.79. The highest BCUT2D eigenvalue weighted by atomic mass is 32.3. The molecule has 2 aromatic heterocycles. The van der Waals surface area contributed by atoms with Gasteiger partial charge in [0.05, 0.1) is 38.6 Å². The van der Waals surface area contributed by atoms with E-state index in [1.165, 1.54) is 30.5 Å². The van der Waals surface area contributed by atoms with E-state index in [9.17, 15) is 69.9 Å². The summed E-state index contributed by atoms with van der Waals surface area (Å²) in [4.78, 5) is 31.3. The molecule has 0 bridgehead atoms. The molecule has 0 saturated heterocycles. The lowest BCUT2D eigenvalue weighted by molar-refractivity contribution is -0.438. The van der Waals surface area contributed by atoms with E-state index in [0.717, 1.165) is 41.3 Å². The minimum Gasteiger partial charge on any atom is -0.348 e. The molecule has 86 heavy (non-hydrogen) atoms. The van der Waals surface area contributed by atoms with Crippen molar-refractivity contribution in [1.82, 2.24) is 20.5 Å². The first kappa shape index (κ1) is 63.2. The number of primary sulfonamides is 1. The molecule has 29 heteroatoms. The number of sulfonamides is 1. The van der Waals surface area contributed by atoms with E-state index in [1.54, 1.807) is 79.4 Å². The molecule has 2 aliphatic heterocycles. The Morgan fingerprint density at radius 3 is 2.02 bits per heavy atom. The van der Waals surface area contributed by atoms with Crippen LogP contribution in [0.2, 0.25) is 0 Å². The highest BCUT2D eigenvalue weighted by Gasteiger charge is 2.46. The van der Waals surface area contributed by atoms with Crippen molar-refractivity contribution in [2.45, 2.75) is 96.7 Å². The summed E-state index contributed by atoms with van der Waals surface area (Å²) in [5.41, 5.74) is 3.48. The highest BCUT2D eigenvalue weighted by Crippen LogP contribution is 2.52. The number of fused-ring (bicyclic) bond motifs is 6.